The highest BCUT2D eigenvalue weighted by Gasteiger charge is 2.10. The van der Waals surface area contributed by atoms with Crippen LogP contribution in [-0.4, -0.2) is 25.9 Å². The maximum absolute atomic E-state index is 11.2. The van der Waals surface area contributed by atoms with E-state index < -0.39 is 15.8 Å². The summed E-state index contributed by atoms with van der Waals surface area (Å²) in [6, 6.07) is 3.33. The largest absolute Gasteiger partial charge is 0.384 e. The van der Waals surface area contributed by atoms with E-state index >= 15 is 0 Å². The third-order valence-electron chi connectivity index (χ3n) is 1.75. The Hall–Kier alpha value is -1.38. The van der Waals surface area contributed by atoms with Gasteiger partial charge in [0, 0.05) is 17.0 Å². The van der Waals surface area contributed by atoms with Crippen molar-refractivity contribution in [3.05, 3.63) is 21.9 Å². The van der Waals surface area contributed by atoms with E-state index in [9.17, 15) is 8.42 Å². The van der Waals surface area contributed by atoms with E-state index in [0.29, 0.717) is 5.56 Å². The number of hydrogen-bond acceptors (Lipinski definition) is 5. The number of sulfonamides is 1. The first-order valence-electron chi connectivity index (χ1n) is 4.59. The zero-order valence-corrected chi connectivity index (χ0v) is 10.4. The molecule has 1 aromatic heterocycles. The molecule has 90 valence electrons. The van der Waals surface area contributed by atoms with Gasteiger partial charge in [0.25, 0.3) is 0 Å². The number of nitriles is 1. The molecule has 0 fully saturated rings. The Morgan fingerprint density at radius 3 is 2.94 bits per heavy atom. The number of rotatable bonds is 4. The Bertz CT molecular complexity index is 573. The molecule has 0 bridgehead atoms. The third-order valence-corrected chi connectivity index (χ3v) is 3.77. The fraction of sp³-hybridized carbons (Fsp3) is 0.300. The Labute approximate surface area is 104 Å². The highest BCUT2D eigenvalue weighted by atomic mass is 32.2. The predicted octanol–water partition coefficient (Wildman–Crippen LogP) is 0.0349. The van der Waals surface area contributed by atoms with Crippen molar-refractivity contribution in [2.24, 2.45) is 0 Å². The number of aliphatic hydroxyl groups is 1. The molecular formula is C10H10N2O3S2. The van der Waals surface area contributed by atoms with Gasteiger partial charge in [0.1, 0.15) is 6.61 Å². The molecule has 0 saturated heterocycles. The second kappa shape index (κ2) is 6.38. The van der Waals surface area contributed by atoms with Crippen molar-refractivity contribution in [2.45, 2.75) is 6.54 Å². The van der Waals surface area contributed by atoms with Crippen LogP contribution in [0, 0.1) is 23.2 Å². The molecule has 0 saturated carbocycles. The van der Waals surface area contributed by atoms with Crippen molar-refractivity contribution < 1.29 is 13.5 Å². The van der Waals surface area contributed by atoms with Crippen LogP contribution in [0.25, 0.3) is 0 Å². The number of thiophene rings is 1. The van der Waals surface area contributed by atoms with Gasteiger partial charge in [0.15, 0.2) is 5.75 Å². The molecule has 17 heavy (non-hydrogen) atoms. The predicted molar refractivity (Wildman–Crippen MR) is 64.5 cm³/mol. The first-order valence-corrected chi connectivity index (χ1v) is 7.12. The van der Waals surface area contributed by atoms with Crippen molar-refractivity contribution in [1.29, 1.82) is 5.26 Å². The summed E-state index contributed by atoms with van der Waals surface area (Å²) in [5, 5.41) is 18.7. The molecule has 0 aliphatic carbocycles. The van der Waals surface area contributed by atoms with Crippen LogP contribution in [0.5, 0.6) is 0 Å². The highest BCUT2D eigenvalue weighted by molar-refractivity contribution is 7.89. The standard InChI is InChI=1S/C10H10N2O3S2/c11-4-7-17(14,15)12-8-10-9(2-1-5-13)3-6-16-10/h3,6,12-13H,5,7-8H2. The molecule has 2 N–H and O–H groups in total. The molecule has 0 aliphatic heterocycles. The third kappa shape index (κ3) is 4.55. The summed E-state index contributed by atoms with van der Waals surface area (Å²) < 4.78 is 24.8. The van der Waals surface area contributed by atoms with Gasteiger partial charge in [0.05, 0.1) is 6.07 Å². The topological polar surface area (TPSA) is 90.2 Å². The average Bonchev–Trinajstić information content (AvgIpc) is 2.71. The van der Waals surface area contributed by atoms with Gasteiger partial charge < -0.3 is 5.11 Å². The number of hydrogen-bond donors (Lipinski definition) is 2. The van der Waals surface area contributed by atoms with Gasteiger partial charge in [0.2, 0.25) is 10.0 Å². The van der Waals surface area contributed by atoms with E-state index in [-0.39, 0.29) is 13.2 Å². The molecule has 0 unspecified atom stereocenters. The van der Waals surface area contributed by atoms with Crippen LogP contribution in [-0.2, 0) is 16.6 Å². The van der Waals surface area contributed by atoms with Gasteiger partial charge in [-0.05, 0) is 11.4 Å². The second-order valence-electron chi connectivity index (χ2n) is 2.96. The average molecular weight is 270 g/mol. The molecule has 1 heterocycles. The number of nitrogens with zero attached hydrogens (tertiary/aromatic N) is 1. The summed E-state index contributed by atoms with van der Waals surface area (Å²) >= 11 is 1.36. The lowest BCUT2D eigenvalue weighted by Crippen LogP contribution is -2.25. The van der Waals surface area contributed by atoms with Crippen LogP contribution in [0.4, 0.5) is 0 Å². The molecule has 1 rings (SSSR count). The fourth-order valence-electron chi connectivity index (χ4n) is 1.04. The van der Waals surface area contributed by atoms with E-state index in [4.69, 9.17) is 10.4 Å². The van der Waals surface area contributed by atoms with Gasteiger partial charge in [-0.3, -0.25) is 0 Å². The molecule has 0 spiro atoms. The van der Waals surface area contributed by atoms with Gasteiger partial charge in [-0.25, -0.2) is 13.1 Å². The molecule has 7 heteroatoms. The van der Waals surface area contributed by atoms with Crippen LogP contribution in [0.2, 0.25) is 0 Å². The van der Waals surface area contributed by atoms with Crippen LogP contribution in [0.1, 0.15) is 10.4 Å². The summed E-state index contributed by atoms with van der Waals surface area (Å²) in [6.07, 6.45) is 0. The van der Waals surface area contributed by atoms with Crippen molar-refractivity contribution in [1.82, 2.24) is 4.72 Å². The van der Waals surface area contributed by atoms with Crippen molar-refractivity contribution in [3.8, 4) is 17.9 Å². The molecule has 5 nitrogen and oxygen atoms in total. The van der Waals surface area contributed by atoms with E-state index in [0.717, 1.165) is 4.88 Å². The monoisotopic (exact) mass is 270 g/mol. The maximum atomic E-state index is 11.2. The summed E-state index contributed by atoms with van der Waals surface area (Å²) in [5.74, 6) is 4.66. The summed E-state index contributed by atoms with van der Waals surface area (Å²) in [5.41, 5.74) is 0.684. The van der Waals surface area contributed by atoms with Gasteiger partial charge >= 0.3 is 0 Å². The zero-order valence-electron chi connectivity index (χ0n) is 8.80. The van der Waals surface area contributed by atoms with E-state index in [1.165, 1.54) is 11.3 Å². The van der Waals surface area contributed by atoms with Crippen molar-refractivity contribution >= 4 is 21.4 Å². The first-order chi connectivity index (χ1) is 8.09. The quantitative estimate of drug-likeness (QED) is 0.756. The smallest absolute Gasteiger partial charge is 0.225 e. The first kappa shape index (κ1) is 13.7. The molecule has 0 atom stereocenters. The van der Waals surface area contributed by atoms with Gasteiger partial charge in [-0.15, -0.1) is 11.3 Å². The minimum absolute atomic E-state index is 0.108. The van der Waals surface area contributed by atoms with Crippen LogP contribution in [0.15, 0.2) is 11.4 Å². The van der Waals surface area contributed by atoms with Gasteiger partial charge in [-0.1, -0.05) is 11.8 Å². The van der Waals surface area contributed by atoms with Gasteiger partial charge in [-0.2, -0.15) is 5.26 Å². The molecule has 0 aromatic carbocycles. The fourth-order valence-corrected chi connectivity index (χ4v) is 2.53. The number of aliphatic hydroxyl groups excluding tert-OH is 1. The van der Waals surface area contributed by atoms with E-state index in [2.05, 4.69) is 16.6 Å². The minimum Gasteiger partial charge on any atom is -0.384 e. The van der Waals surface area contributed by atoms with Crippen molar-refractivity contribution in [2.75, 3.05) is 12.4 Å². The lowest BCUT2D eigenvalue weighted by Gasteiger charge is -2.01. The minimum atomic E-state index is -3.55. The van der Waals surface area contributed by atoms with E-state index in [1.807, 2.05) is 0 Å². The maximum Gasteiger partial charge on any atom is 0.225 e. The molecular weight excluding hydrogens is 260 g/mol. The summed E-state index contributed by atoms with van der Waals surface area (Å²) in [4.78, 5) is 0.757. The summed E-state index contributed by atoms with van der Waals surface area (Å²) in [7, 11) is -3.55. The molecule has 0 aliphatic rings. The number of nitrogens with one attached hydrogen (secondary N) is 1. The normalized spacial score (nSPS) is 10.4. The Morgan fingerprint density at radius 2 is 2.29 bits per heavy atom. The highest BCUT2D eigenvalue weighted by Crippen LogP contribution is 2.15. The Kier molecular flexibility index (Phi) is 5.13. The van der Waals surface area contributed by atoms with Crippen LogP contribution >= 0.6 is 11.3 Å². The lowest BCUT2D eigenvalue weighted by atomic mass is 10.2. The zero-order chi connectivity index (χ0) is 12.7. The van der Waals surface area contributed by atoms with E-state index in [1.54, 1.807) is 17.5 Å². The summed E-state index contributed by atoms with van der Waals surface area (Å²) in [6.45, 7) is -0.132. The molecule has 0 radical (unpaired) electrons. The molecule has 0 amide bonds. The Balaban J connectivity index is 2.71. The van der Waals surface area contributed by atoms with Crippen LogP contribution < -0.4 is 4.72 Å². The Morgan fingerprint density at radius 1 is 1.53 bits per heavy atom. The second-order valence-corrected chi connectivity index (χ2v) is 5.76. The molecule has 1 aromatic rings. The lowest BCUT2D eigenvalue weighted by molar-refractivity contribution is 0.350. The van der Waals surface area contributed by atoms with Crippen LogP contribution in [0.3, 0.4) is 0 Å². The SMILES string of the molecule is N#CCS(=O)(=O)NCc1sccc1C#CCO. The van der Waals surface area contributed by atoms with Crippen molar-refractivity contribution in [3.63, 3.8) is 0 Å².